The molecule has 0 fully saturated rings. The van der Waals surface area contributed by atoms with E-state index in [0.717, 1.165) is 27.9 Å². The lowest BCUT2D eigenvalue weighted by atomic mass is 9.96. The minimum atomic E-state index is 0.457. The number of aryl methyl sites for hydroxylation is 2. The van der Waals surface area contributed by atoms with Crippen molar-refractivity contribution in [2.45, 2.75) is 13.8 Å². The number of halogens is 1. The molecule has 1 heterocycles. The molecule has 3 aromatic rings. The molecule has 0 amide bonds. The van der Waals surface area contributed by atoms with E-state index in [2.05, 4.69) is 42.2 Å². The van der Waals surface area contributed by atoms with Gasteiger partial charge in [0.15, 0.2) is 5.82 Å². The molecule has 1 aromatic heterocycles. The monoisotopic (exact) mass is 297 g/mol. The van der Waals surface area contributed by atoms with Crippen LogP contribution in [0.1, 0.15) is 11.1 Å². The molecule has 0 unspecified atom stereocenters. The maximum absolute atomic E-state index is 6.32. The van der Waals surface area contributed by atoms with Crippen LogP contribution in [0, 0.1) is 13.8 Å². The Balaban J connectivity index is 2.27. The van der Waals surface area contributed by atoms with E-state index in [4.69, 9.17) is 17.3 Å². The molecule has 3 rings (SSSR count). The number of nitrogen functional groups attached to an aromatic ring is 1. The van der Waals surface area contributed by atoms with Crippen molar-refractivity contribution < 1.29 is 0 Å². The number of aromatic nitrogens is 2. The summed E-state index contributed by atoms with van der Waals surface area (Å²) in [5.41, 5.74) is 12.2. The smallest absolute Gasteiger partial charge is 0.153 e. The van der Waals surface area contributed by atoms with E-state index < -0.39 is 0 Å². The molecule has 4 heteroatoms. The first kappa shape index (κ1) is 13.7. The normalized spacial score (nSPS) is 10.8. The van der Waals surface area contributed by atoms with Gasteiger partial charge in [0.05, 0.1) is 11.3 Å². The number of nitrogens with zero attached hydrogens (tertiary/aromatic N) is 1. The van der Waals surface area contributed by atoms with Crippen LogP contribution < -0.4 is 5.73 Å². The average molecular weight is 298 g/mol. The maximum atomic E-state index is 6.32. The van der Waals surface area contributed by atoms with Crippen LogP contribution in [0.2, 0.25) is 5.02 Å². The van der Waals surface area contributed by atoms with Crippen molar-refractivity contribution in [3.63, 3.8) is 0 Å². The summed E-state index contributed by atoms with van der Waals surface area (Å²) in [6.45, 7) is 4.14. The predicted octanol–water partition coefficient (Wildman–Crippen LogP) is 4.60. The molecule has 21 heavy (non-hydrogen) atoms. The molecular weight excluding hydrogens is 282 g/mol. The van der Waals surface area contributed by atoms with Gasteiger partial charge in [-0.05, 0) is 31.5 Å². The Kier molecular flexibility index (Phi) is 3.43. The number of nitrogens with one attached hydrogen (secondary N) is 1. The van der Waals surface area contributed by atoms with Gasteiger partial charge in [0.1, 0.15) is 0 Å². The van der Waals surface area contributed by atoms with E-state index in [1.54, 1.807) is 0 Å². The number of benzene rings is 2. The van der Waals surface area contributed by atoms with Gasteiger partial charge in [0.2, 0.25) is 0 Å². The van der Waals surface area contributed by atoms with Crippen molar-refractivity contribution in [2.24, 2.45) is 0 Å². The third-order valence-electron chi connectivity index (χ3n) is 3.60. The number of hydrogen-bond donors (Lipinski definition) is 2. The summed E-state index contributed by atoms with van der Waals surface area (Å²) in [5, 5.41) is 7.89. The second-order valence-corrected chi connectivity index (χ2v) is 5.56. The summed E-state index contributed by atoms with van der Waals surface area (Å²) in [5.74, 6) is 0.457. The van der Waals surface area contributed by atoms with Crippen molar-refractivity contribution in [2.75, 3.05) is 5.73 Å². The van der Waals surface area contributed by atoms with E-state index in [0.29, 0.717) is 10.8 Å². The first-order valence-corrected chi connectivity index (χ1v) is 7.12. The number of rotatable bonds is 2. The van der Waals surface area contributed by atoms with Gasteiger partial charge < -0.3 is 5.73 Å². The minimum Gasteiger partial charge on any atom is -0.382 e. The lowest BCUT2D eigenvalue weighted by molar-refractivity contribution is 1.10. The van der Waals surface area contributed by atoms with Gasteiger partial charge in [-0.15, -0.1) is 0 Å². The van der Waals surface area contributed by atoms with Crippen molar-refractivity contribution in [1.82, 2.24) is 10.2 Å². The van der Waals surface area contributed by atoms with Crippen LogP contribution in [0.25, 0.3) is 22.4 Å². The first-order valence-electron chi connectivity index (χ1n) is 6.74. The lowest BCUT2D eigenvalue weighted by Crippen LogP contribution is -1.91. The molecule has 0 aliphatic heterocycles. The third-order valence-corrected chi connectivity index (χ3v) is 3.93. The summed E-state index contributed by atoms with van der Waals surface area (Å²) < 4.78 is 0. The highest BCUT2D eigenvalue weighted by Gasteiger charge is 2.18. The second-order valence-electron chi connectivity index (χ2n) is 5.16. The van der Waals surface area contributed by atoms with Gasteiger partial charge in [0, 0.05) is 16.1 Å². The lowest BCUT2D eigenvalue weighted by Gasteiger charge is -2.10. The third kappa shape index (κ3) is 2.41. The molecule has 106 valence electrons. The fourth-order valence-electron chi connectivity index (χ4n) is 2.49. The number of aromatic amines is 1. The SMILES string of the molecule is Cc1ccc(C)c(-c2[nH]nc(N)c2-c2ccccc2Cl)c1. The van der Waals surface area contributed by atoms with Crippen molar-refractivity contribution in [3.8, 4) is 22.4 Å². The van der Waals surface area contributed by atoms with Crippen LogP contribution in [0.5, 0.6) is 0 Å². The van der Waals surface area contributed by atoms with Crippen molar-refractivity contribution in [3.05, 3.63) is 58.6 Å². The fourth-order valence-corrected chi connectivity index (χ4v) is 2.72. The molecule has 0 aliphatic rings. The summed E-state index contributed by atoms with van der Waals surface area (Å²) in [6.07, 6.45) is 0. The van der Waals surface area contributed by atoms with Crippen LogP contribution in [0.4, 0.5) is 5.82 Å². The van der Waals surface area contributed by atoms with Crippen LogP contribution >= 0.6 is 11.6 Å². The average Bonchev–Trinajstić information content (AvgIpc) is 2.84. The molecule has 0 radical (unpaired) electrons. The number of hydrogen-bond acceptors (Lipinski definition) is 2. The quantitative estimate of drug-likeness (QED) is 0.726. The van der Waals surface area contributed by atoms with Crippen molar-refractivity contribution in [1.29, 1.82) is 0 Å². The van der Waals surface area contributed by atoms with Gasteiger partial charge in [-0.2, -0.15) is 5.10 Å². The van der Waals surface area contributed by atoms with Gasteiger partial charge in [-0.1, -0.05) is 47.5 Å². The van der Waals surface area contributed by atoms with Gasteiger partial charge in [0.25, 0.3) is 0 Å². The molecule has 0 saturated heterocycles. The molecule has 0 atom stereocenters. The number of H-pyrrole nitrogens is 1. The fraction of sp³-hybridized carbons (Fsp3) is 0.118. The highest BCUT2D eigenvalue weighted by atomic mass is 35.5. The van der Waals surface area contributed by atoms with E-state index in [1.807, 2.05) is 24.3 Å². The zero-order valence-corrected chi connectivity index (χ0v) is 12.7. The standard InChI is InChI=1S/C17H16ClN3/c1-10-7-8-11(2)13(9-10)16-15(17(19)21-20-16)12-5-3-4-6-14(12)18/h3-9H,1-2H3,(H3,19,20,21). The Morgan fingerprint density at radius 3 is 2.57 bits per heavy atom. The number of nitrogens with two attached hydrogens (primary N) is 1. The molecule has 0 aliphatic carbocycles. The van der Waals surface area contributed by atoms with Gasteiger partial charge in [-0.25, -0.2) is 0 Å². The molecule has 2 aromatic carbocycles. The number of anilines is 1. The second kappa shape index (κ2) is 5.26. The van der Waals surface area contributed by atoms with Crippen molar-refractivity contribution >= 4 is 17.4 Å². The van der Waals surface area contributed by atoms with Crippen LogP contribution in [-0.4, -0.2) is 10.2 Å². The zero-order valence-electron chi connectivity index (χ0n) is 11.9. The van der Waals surface area contributed by atoms with E-state index >= 15 is 0 Å². The Labute approximate surface area is 128 Å². The largest absolute Gasteiger partial charge is 0.382 e. The topological polar surface area (TPSA) is 54.7 Å². The highest BCUT2D eigenvalue weighted by molar-refractivity contribution is 6.33. The molecule has 3 nitrogen and oxygen atoms in total. The summed E-state index contributed by atoms with van der Waals surface area (Å²) >= 11 is 6.32. The Morgan fingerprint density at radius 2 is 1.81 bits per heavy atom. The zero-order chi connectivity index (χ0) is 15.0. The molecular formula is C17H16ClN3. The van der Waals surface area contributed by atoms with Gasteiger partial charge in [-0.3, -0.25) is 5.10 Å². The highest BCUT2D eigenvalue weighted by Crippen LogP contribution is 2.39. The molecule has 0 spiro atoms. The summed E-state index contributed by atoms with van der Waals surface area (Å²) in [6, 6.07) is 14.0. The van der Waals surface area contributed by atoms with E-state index in [-0.39, 0.29) is 0 Å². The summed E-state index contributed by atoms with van der Waals surface area (Å²) in [7, 11) is 0. The van der Waals surface area contributed by atoms with Gasteiger partial charge >= 0.3 is 0 Å². The Hall–Kier alpha value is -2.26. The van der Waals surface area contributed by atoms with E-state index in [9.17, 15) is 0 Å². The van der Waals surface area contributed by atoms with Crippen LogP contribution in [0.15, 0.2) is 42.5 Å². The minimum absolute atomic E-state index is 0.457. The molecule has 3 N–H and O–H groups in total. The Bertz CT molecular complexity index is 806. The maximum Gasteiger partial charge on any atom is 0.153 e. The molecule has 0 saturated carbocycles. The Morgan fingerprint density at radius 1 is 1.05 bits per heavy atom. The summed E-state index contributed by atoms with van der Waals surface area (Å²) in [4.78, 5) is 0. The van der Waals surface area contributed by atoms with Crippen LogP contribution in [0.3, 0.4) is 0 Å². The van der Waals surface area contributed by atoms with Crippen LogP contribution in [-0.2, 0) is 0 Å². The first-order chi connectivity index (χ1) is 10.1. The predicted molar refractivity (Wildman–Crippen MR) is 88.4 cm³/mol. The molecule has 0 bridgehead atoms. The van der Waals surface area contributed by atoms with E-state index in [1.165, 1.54) is 5.56 Å².